The van der Waals surface area contributed by atoms with Gasteiger partial charge in [0.15, 0.2) is 6.10 Å². The number of carbonyl (C=O) groups excluding carboxylic acids is 1. The number of imidazole rings is 1. The fraction of sp³-hybridized carbons (Fsp3) is 0.238. The van der Waals surface area contributed by atoms with Gasteiger partial charge in [0, 0.05) is 24.0 Å². The number of aryl methyl sites for hydroxylation is 1. The van der Waals surface area contributed by atoms with Crippen LogP contribution in [0.2, 0.25) is 5.02 Å². The second kappa shape index (κ2) is 8.24. The number of anilines is 1. The molecule has 1 aliphatic heterocycles. The van der Waals surface area contributed by atoms with Crippen molar-refractivity contribution in [3.05, 3.63) is 71.3 Å². The molecule has 10 heteroatoms. The van der Waals surface area contributed by atoms with Crippen LogP contribution < -0.4 is 14.4 Å². The average Bonchev–Trinajstić information content (AvgIpc) is 3.16. The van der Waals surface area contributed by atoms with Crippen LogP contribution in [0.25, 0.3) is 5.69 Å². The number of halogens is 1. The smallest absolute Gasteiger partial charge is 0.263 e. The Balaban J connectivity index is 1.54. The highest BCUT2D eigenvalue weighted by Gasteiger charge is 2.35. The maximum Gasteiger partial charge on any atom is 0.263 e. The van der Waals surface area contributed by atoms with Crippen LogP contribution in [0.1, 0.15) is 11.4 Å². The molecule has 0 radical (unpaired) electrons. The molecular weight excluding hydrogens is 440 g/mol. The summed E-state index contributed by atoms with van der Waals surface area (Å²) in [5.41, 5.74) is 2.11. The van der Waals surface area contributed by atoms with Gasteiger partial charge < -0.3 is 14.6 Å². The Kier molecular flexibility index (Phi) is 5.63. The van der Waals surface area contributed by atoms with Gasteiger partial charge >= 0.3 is 0 Å². The minimum absolute atomic E-state index is 0.139. The first-order valence-corrected chi connectivity index (χ1v) is 11.8. The predicted octanol–water partition coefficient (Wildman–Crippen LogP) is 2.68. The van der Waals surface area contributed by atoms with Crippen LogP contribution in [0, 0.1) is 6.92 Å². The van der Waals surface area contributed by atoms with Crippen molar-refractivity contribution in [2.45, 2.75) is 19.6 Å². The number of benzene rings is 2. The number of para-hydroxylation sites is 1. The van der Waals surface area contributed by atoms with Crippen molar-refractivity contribution in [1.82, 2.24) is 14.9 Å². The highest BCUT2D eigenvalue weighted by molar-refractivity contribution is 7.92. The summed E-state index contributed by atoms with van der Waals surface area (Å²) in [5, 5.41) is 3.24. The van der Waals surface area contributed by atoms with Gasteiger partial charge in [-0.1, -0.05) is 29.8 Å². The molecule has 0 aliphatic carbocycles. The van der Waals surface area contributed by atoms with Crippen molar-refractivity contribution < 1.29 is 17.9 Å². The van der Waals surface area contributed by atoms with Crippen LogP contribution in [0.5, 0.6) is 5.75 Å². The summed E-state index contributed by atoms with van der Waals surface area (Å²) in [5.74, 6) is 0.704. The van der Waals surface area contributed by atoms with E-state index in [4.69, 9.17) is 16.3 Å². The van der Waals surface area contributed by atoms with E-state index < -0.39 is 22.0 Å². The standard InChI is InChI=1S/C21H21ClN4O4S/c1-14-23-9-10-25(14)17-6-4-3-5-15(17)12-24-21(27)20-13-26(31(2,28)29)18-11-16(22)7-8-19(18)30-20/h3-11,20H,12-13H2,1-2H3,(H,24,27)/t20-/m1/s1. The highest BCUT2D eigenvalue weighted by atomic mass is 35.5. The Morgan fingerprint density at radius 3 is 2.74 bits per heavy atom. The molecule has 0 fully saturated rings. The number of ether oxygens (including phenoxy) is 1. The molecule has 8 nitrogen and oxygen atoms in total. The first-order valence-electron chi connectivity index (χ1n) is 9.54. The van der Waals surface area contributed by atoms with Crippen LogP contribution in [0.15, 0.2) is 54.9 Å². The molecule has 0 saturated heterocycles. The van der Waals surface area contributed by atoms with E-state index in [9.17, 15) is 13.2 Å². The van der Waals surface area contributed by atoms with Gasteiger partial charge in [-0.15, -0.1) is 0 Å². The van der Waals surface area contributed by atoms with Gasteiger partial charge in [0.25, 0.3) is 5.91 Å². The molecule has 0 unspecified atom stereocenters. The van der Waals surface area contributed by atoms with Crippen LogP contribution in [0.3, 0.4) is 0 Å². The lowest BCUT2D eigenvalue weighted by atomic mass is 10.1. The first-order chi connectivity index (χ1) is 14.7. The third kappa shape index (κ3) is 4.38. The summed E-state index contributed by atoms with van der Waals surface area (Å²) < 4.78 is 33.5. The number of nitrogens with zero attached hydrogens (tertiary/aromatic N) is 3. The number of hydrogen-bond donors (Lipinski definition) is 1. The SMILES string of the molecule is Cc1nccn1-c1ccccc1CNC(=O)[C@H]1CN(S(C)(=O)=O)c2cc(Cl)ccc2O1. The van der Waals surface area contributed by atoms with Gasteiger partial charge in [0.05, 0.1) is 24.2 Å². The number of fused-ring (bicyclic) bond motifs is 1. The molecule has 4 rings (SSSR count). The van der Waals surface area contributed by atoms with E-state index in [2.05, 4.69) is 10.3 Å². The second-order valence-corrected chi connectivity index (χ2v) is 9.55. The van der Waals surface area contributed by atoms with Crippen LogP contribution in [-0.2, 0) is 21.4 Å². The average molecular weight is 461 g/mol. The van der Waals surface area contributed by atoms with Crippen molar-refractivity contribution in [2.75, 3.05) is 17.1 Å². The number of sulfonamides is 1. The summed E-state index contributed by atoms with van der Waals surface area (Å²) in [7, 11) is -3.63. The lowest BCUT2D eigenvalue weighted by Gasteiger charge is -2.34. The summed E-state index contributed by atoms with van der Waals surface area (Å²) in [6, 6.07) is 12.3. The van der Waals surface area contributed by atoms with Gasteiger partial charge in [0.1, 0.15) is 11.6 Å². The van der Waals surface area contributed by atoms with E-state index in [1.807, 2.05) is 42.0 Å². The van der Waals surface area contributed by atoms with Gasteiger partial charge in [-0.2, -0.15) is 0 Å². The van der Waals surface area contributed by atoms with Crippen molar-refractivity contribution in [2.24, 2.45) is 0 Å². The normalized spacial score (nSPS) is 15.8. The lowest BCUT2D eigenvalue weighted by molar-refractivity contribution is -0.127. The Morgan fingerprint density at radius 1 is 1.26 bits per heavy atom. The van der Waals surface area contributed by atoms with E-state index in [0.717, 1.165) is 27.6 Å². The zero-order chi connectivity index (χ0) is 22.2. The Morgan fingerprint density at radius 2 is 2.03 bits per heavy atom. The number of amides is 1. The van der Waals surface area contributed by atoms with E-state index in [1.165, 1.54) is 6.07 Å². The molecular formula is C21H21ClN4O4S. The molecule has 31 heavy (non-hydrogen) atoms. The molecule has 1 amide bonds. The molecule has 0 bridgehead atoms. The Hall–Kier alpha value is -3.04. The fourth-order valence-electron chi connectivity index (χ4n) is 3.50. The van der Waals surface area contributed by atoms with E-state index >= 15 is 0 Å². The summed E-state index contributed by atoms with van der Waals surface area (Å²) in [6.07, 6.45) is 3.66. The lowest BCUT2D eigenvalue weighted by Crippen LogP contribution is -2.50. The topological polar surface area (TPSA) is 93.5 Å². The van der Waals surface area contributed by atoms with Crippen molar-refractivity contribution >= 4 is 33.2 Å². The second-order valence-electron chi connectivity index (χ2n) is 7.20. The van der Waals surface area contributed by atoms with E-state index in [1.54, 1.807) is 18.3 Å². The van der Waals surface area contributed by atoms with Crippen molar-refractivity contribution in [1.29, 1.82) is 0 Å². The maximum absolute atomic E-state index is 12.9. The van der Waals surface area contributed by atoms with Crippen molar-refractivity contribution in [3.8, 4) is 11.4 Å². The molecule has 0 spiro atoms. The number of rotatable bonds is 5. The number of aromatic nitrogens is 2. The zero-order valence-electron chi connectivity index (χ0n) is 16.9. The van der Waals surface area contributed by atoms with Gasteiger partial charge in [-0.05, 0) is 36.8 Å². The molecule has 162 valence electrons. The van der Waals surface area contributed by atoms with Gasteiger partial charge in [-0.3, -0.25) is 9.10 Å². The van der Waals surface area contributed by atoms with Gasteiger partial charge in [-0.25, -0.2) is 13.4 Å². The van der Waals surface area contributed by atoms with Crippen LogP contribution >= 0.6 is 11.6 Å². The third-order valence-corrected chi connectivity index (χ3v) is 6.39. The minimum atomic E-state index is -3.63. The minimum Gasteiger partial charge on any atom is -0.476 e. The Bertz CT molecular complexity index is 1240. The largest absolute Gasteiger partial charge is 0.476 e. The monoisotopic (exact) mass is 460 g/mol. The quantitative estimate of drug-likeness (QED) is 0.631. The number of nitrogens with one attached hydrogen (secondary N) is 1. The van der Waals surface area contributed by atoms with Gasteiger partial charge in [0.2, 0.25) is 10.0 Å². The molecule has 1 aliphatic rings. The molecule has 2 heterocycles. The third-order valence-electron chi connectivity index (χ3n) is 5.01. The van der Waals surface area contributed by atoms with E-state index in [-0.39, 0.29) is 18.8 Å². The van der Waals surface area contributed by atoms with Crippen molar-refractivity contribution in [3.63, 3.8) is 0 Å². The summed E-state index contributed by atoms with van der Waals surface area (Å²) in [6.45, 7) is 2.01. The first kappa shape index (κ1) is 21.2. The maximum atomic E-state index is 12.9. The number of hydrogen-bond acceptors (Lipinski definition) is 5. The van der Waals surface area contributed by atoms with E-state index in [0.29, 0.717) is 10.7 Å². The summed E-state index contributed by atoms with van der Waals surface area (Å²) >= 11 is 6.01. The Labute approximate surface area is 185 Å². The fourth-order valence-corrected chi connectivity index (χ4v) is 4.57. The molecule has 1 atom stereocenters. The summed E-state index contributed by atoms with van der Waals surface area (Å²) in [4.78, 5) is 17.1. The molecule has 2 aromatic carbocycles. The number of carbonyl (C=O) groups is 1. The molecule has 1 aromatic heterocycles. The van der Waals surface area contributed by atoms with Crippen LogP contribution in [0.4, 0.5) is 5.69 Å². The molecule has 0 saturated carbocycles. The van der Waals surface area contributed by atoms with Crippen LogP contribution in [-0.4, -0.2) is 42.8 Å². The molecule has 1 N–H and O–H groups in total. The highest BCUT2D eigenvalue weighted by Crippen LogP contribution is 2.37. The zero-order valence-corrected chi connectivity index (χ0v) is 18.5. The molecule has 3 aromatic rings. The predicted molar refractivity (Wildman–Crippen MR) is 118 cm³/mol.